The minimum absolute atomic E-state index is 0.0193. The summed E-state index contributed by atoms with van der Waals surface area (Å²) in [6, 6.07) is 0.541. The number of carbonyl (C=O) groups excluding carboxylic acids is 2. The molecular weight excluding hydrogens is 526 g/mol. The number of ether oxygens (including phenoxy) is 1. The van der Waals surface area contributed by atoms with Crippen molar-refractivity contribution >= 4 is 17.8 Å². The Morgan fingerprint density at radius 2 is 1.67 bits per heavy atom. The standard InChI is InChI=1S/C34H59N5O3/c1-3-4-5-8-20-42-34(41)37-32(35)26-15-14-25-21-31(33(40)36-28-16-18-38(2)19-17-28)39(30(25)22-26)23-27-12-9-11-24-10-6-7-13-29(24)27/h24-31H,3-23H2,1-2H3,(H,36,40)(H2,35,37,41). The molecule has 8 nitrogen and oxygen atoms in total. The number of amides is 2. The van der Waals surface area contributed by atoms with Crippen molar-refractivity contribution in [2.75, 3.05) is 33.3 Å². The molecule has 0 spiro atoms. The van der Waals surface area contributed by atoms with E-state index in [1.54, 1.807) is 0 Å². The van der Waals surface area contributed by atoms with E-state index in [0.717, 1.165) is 95.7 Å². The molecule has 2 aliphatic heterocycles. The van der Waals surface area contributed by atoms with Gasteiger partial charge in [-0.05, 0) is 102 Å². The van der Waals surface area contributed by atoms with Gasteiger partial charge in [0.2, 0.25) is 5.91 Å². The molecule has 2 amide bonds. The number of fused-ring (bicyclic) bond motifs is 2. The van der Waals surface area contributed by atoms with E-state index in [4.69, 9.17) is 10.1 Å². The largest absolute Gasteiger partial charge is 0.449 e. The Morgan fingerprint density at radius 3 is 2.48 bits per heavy atom. The third-order valence-electron chi connectivity index (χ3n) is 11.7. The van der Waals surface area contributed by atoms with Crippen molar-refractivity contribution in [3.63, 3.8) is 0 Å². The van der Waals surface area contributed by atoms with E-state index in [1.165, 1.54) is 44.9 Å². The summed E-state index contributed by atoms with van der Waals surface area (Å²) in [5.74, 6) is 3.44. The molecule has 5 fully saturated rings. The predicted octanol–water partition coefficient (Wildman–Crippen LogP) is 5.95. The first-order chi connectivity index (χ1) is 20.4. The first-order valence-corrected chi connectivity index (χ1v) is 17.7. The number of nitrogens with one attached hydrogen (secondary N) is 3. The van der Waals surface area contributed by atoms with E-state index < -0.39 is 6.09 Å². The van der Waals surface area contributed by atoms with Crippen molar-refractivity contribution in [1.82, 2.24) is 20.4 Å². The average Bonchev–Trinajstić information content (AvgIpc) is 3.36. The third kappa shape index (κ3) is 8.08. The third-order valence-corrected chi connectivity index (χ3v) is 11.7. The molecule has 0 aromatic carbocycles. The van der Waals surface area contributed by atoms with Crippen molar-refractivity contribution in [1.29, 1.82) is 5.41 Å². The van der Waals surface area contributed by atoms with Crippen molar-refractivity contribution in [2.45, 2.75) is 134 Å². The minimum atomic E-state index is -0.483. The van der Waals surface area contributed by atoms with Crippen molar-refractivity contribution in [3.05, 3.63) is 0 Å². The lowest BCUT2D eigenvalue weighted by atomic mass is 9.65. The molecule has 0 aromatic heterocycles. The molecule has 0 radical (unpaired) electrons. The number of nitrogens with zero attached hydrogens (tertiary/aromatic N) is 2. The molecule has 7 unspecified atom stereocenters. The van der Waals surface area contributed by atoms with Gasteiger partial charge in [0, 0.05) is 24.5 Å². The van der Waals surface area contributed by atoms with Gasteiger partial charge in [-0.1, -0.05) is 58.3 Å². The minimum Gasteiger partial charge on any atom is -0.449 e. The van der Waals surface area contributed by atoms with Gasteiger partial charge in [0.05, 0.1) is 12.6 Å². The van der Waals surface area contributed by atoms with Crippen LogP contribution in [-0.2, 0) is 9.53 Å². The van der Waals surface area contributed by atoms with Crippen LogP contribution in [0.4, 0.5) is 4.79 Å². The lowest BCUT2D eigenvalue weighted by molar-refractivity contribution is -0.127. The topological polar surface area (TPSA) is 97.8 Å². The number of amidine groups is 1. The van der Waals surface area contributed by atoms with E-state index in [9.17, 15) is 9.59 Å². The summed E-state index contributed by atoms with van der Waals surface area (Å²) in [4.78, 5) is 31.3. The molecule has 0 bridgehead atoms. The van der Waals surface area contributed by atoms with Crippen LogP contribution in [0.25, 0.3) is 0 Å². The SMILES string of the molecule is CCCCCCOC(=O)NC(=N)C1CCC2CC(C(=O)NC3CCN(C)CC3)N(CC3CCCC4CCCCC43)C2C1. The smallest absolute Gasteiger partial charge is 0.412 e. The maximum absolute atomic E-state index is 13.9. The Kier molecular flexibility index (Phi) is 11.6. The summed E-state index contributed by atoms with van der Waals surface area (Å²) in [6.45, 7) is 5.71. The maximum Gasteiger partial charge on any atom is 0.412 e. The fraction of sp³-hybridized carbons (Fsp3) is 0.912. The van der Waals surface area contributed by atoms with Gasteiger partial charge in [-0.2, -0.15) is 0 Å². The van der Waals surface area contributed by atoms with Crippen LogP contribution >= 0.6 is 0 Å². The Balaban J connectivity index is 1.23. The van der Waals surface area contributed by atoms with Crippen LogP contribution in [0.15, 0.2) is 0 Å². The Hall–Kier alpha value is -1.67. The number of likely N-dealkylation sites (tertiary alicyclic amines) is 2. The first-order valence-electron chi connectivity index (χ1n) is 17.7. The molecule has 5 aliphatic rings. The molecule has 3 saturated carbocycles. The van der Waals surface area contributed by atoms with Crippen LogP contribution in [0.2, 0.25) is 0 Å². The van der Waals surface area contributed by atoms with Crippen molar-refractivity contribution < 1.29 is 14.3 Å². The zero-order valence-corrected chi connectivity index (χ0v) is 26.6. The van der Waals surface area contributed by atoms with Crippen LogP contribution in [0.1, 0.15) is 116 Å². The Morgan fingerprint density at radius 1 is 0.881 bits per heavy atom. The summed E-state index contributed by atoms with van der Waals surface area (Å²) in [5, 5.41) is 15.0. The predicted molar refractivity (Wildman–Crippen MR) is 168 cm³/mol. The van der Waals surface area contributed by atoms with Gasteiger partial charge in [0.25, 0.3) is 0 Å². The molecule has 3 aliphatic carbocycles. The number of unbranched alkanes of at least 4 members (excludes halogenated alkanes) is 3. The first kappa shape index (κ1) is 31.7. The van der Waals surface area contributed by atoms with Gasteiger partial charge >= 0.3 is 6.09 Å². The molecule has 238 valence electrons. The summed E-state index contributed by atoms with van der Waals surface area (Å²) in [5.41, 5.74) is 0. The highest BCUT2D eigenvalue weighted by molar-refractivity contribution is 5.95. The van der Waals surface area contributed by atoms with Crippen LogP contribution in [0.3, 0.4) is 0 Å². The van der Waals surface area contributed by atoms with Gasteiger partial charge in [-0.15, -0.1) is 0 Å². The van der Waals surface area contributed by atoms with E-state index in [2.05, 4.69) is 34.4 Å². The average molecular weight is 586 g/mol. The fourth-order valence-electron chi connectivity index (χ4n) is 9.29. The van der Waals surface area contributed by atoms with Gasteiger partial charge < -0.3 is 15.0 Å². The normalized spacial score (nSPS) is 34.3. The molecule has 7 atom stereocenters. The number of alkyl carbamates (subject to hydrolysis) is 1. The second kappa shape index (κ2) is 15.4. The van der Waals surface area contributed by atoms with E-state index in [0.29, 0.717) is 30.3 Å². The lowest BCUT2D eigenvalue weighted by Crippen LogP contribution is -2.53. The van der Waals surface area contributed by atoms with E-state index in [-0.39, 0.29) is 23.9 Å². The van der Waals surface area contributed by atoms with Crippen LogP contribution < -0.4 is 10.6 Å². The van der Waals surface area contributed by atoms with Crippen LogP contribution in [-0.4, -0.2) is 79.1 Å². The van der Waals surface area contributed by atoms with Crippen molar-refractivity contribution in [3.8, 4) is 0 Å². The molecule has 5 rings (SSSR count). The summed E-state index contributed by atoms with van der Waals surface area (Å²) in [7, 11) is 2.17. The molecule has 2 saturated heterocycles. The second-order valence-corrected chi connectivity index (χ2v) is 14.5. The second-order valence-electron chi connectivity index (χ2n) is 14.5. The molecular formula is C34H59N5O3. The van der Waals surface area contributed by atoms with Crippen LogP contribution in [0, 0.1) is 35.0 Å². The zero-order valence-electron chi connectivity index (χ0n) is 26.6. The summed E-state index contributed by atoms with van der Waals surface area (Å²) < 4.78 is 5.38. The summed E-state index contributed by atoms with van der Waals surface area (Å²) >= 11 is 0. The van der Waals surface area contributed by atoms with Gasteiger partial charge in [-0.25, -0.2) is 4.79 Å². The number of rotatable bonds is 10. The Bertz CT molecular complexity index is 904. The fourth-order valence-corrected chi connectivity index (χ4v) is 9.29. The quantitative estimate of drug-likeness (QED) is 0.167. The number of hydrogen-bond acceptors (Lipinski definition) is 6. The molecule has 0 aromatic rings. The zero-order chi connectivity index (χ0) is 29.5. The Labute approximate surface area is 254 Å². The van der Waals surface area contributed by atoms with E-state index in [1.807, 2.05) is 0 Å². The number of hydrogen-bond donors (Lipinski definition) is 3. The van der Waals surface area contributed by atoms with E-state index >= 15 is 0 Å². The highest BCUT2D eigenvalue weighted by Crippen LogP contribution is 2.47. The van der Waals surface area contributed by atoms with Gasteiger partial charge in [0.1, 0.15) is 5.84 Å². The maximum atomic E-state index is 13.9. The molecule has 8 heteroatoms. The van der Waals surface area contributed by atoms with Crippen LogP contribution in [0.5, 0.6) is 0 Å². The highest BCUT2D eigenvalue weighted by atomic mass is 16.5. The number of carbonyl (C=O) groups is 2. The van der Waals surface area contributed by atoms with Crippen molar-refractivity contribution in [2.24, 2.45) is 29.6 Å². The molecule has 3 N–H and O–H groups in total. The summed E-state index contributed by atoms with van der Waals surface area (Å²) in [6.07, 6.45) is 19.1. The molecule has 2 heterocycles. The van der Waals surface area contributed by atoms with Gasteiger partial charge in [0.15, 0.2) is 0 Å². The lowest BCUT2D eigenvalue weighted by Gasteiger charge is -2.45. The highest BCUT2D eigenvalue weighted by Gasteiger charge is 2.49. The van der Waals surface area contributed by atoms with Gasteiger partial charge in [-0.3, -0.25) is 20.4 Å². The monoisotopic (exact) mass is 585 g/mol. The molecule has 42 heavy (non-hydrogen) atoms. The number of piperidine rings is 1.